The Bertz CT molecular complexity index is 2770. The SMILES string of the molecule is CC1(C)C=Cc2nc(-n3c4ccccc4c4ccc5c(ccn5-c5ccccc5)c43)nc(-c3ccc(-c4cccc5ccccc45)cc3)c21. The van der Waals surface area contributed by atoms with Crippen molar-refractivity contribution in [2.45, 2.75) is 19.3 Å². The average molecular weight is 629 g/mol. The summed E-state index contributed by atoms with van der Waals surface area (Å²) in [6, 6.07) is 49.9. The van der Waals surface area contributed by atoms with Crippen LogP contribution in [-0.2, 0) is 5.41 Å². The second-order valence-corrected chi connectivity index (χ2v) is 13.6. The number of nitrogens with zero attached hydrogens (tertiary/aromatic N) is 4. The van der Waals surface area contributed by atoms with E-state index in [2.05, 4.69) is 181 Å². The monoisotopic (exact) mass is 628 g/mol. The van der Waals surface area contributed by atoms with Crippen LogP contribution in [-0.4, -0.2) is 19.1 Å². The first-order chi connectivity index (χ1) is 24.0. The number of aromatic nitrogens is 4. The van der Waals surface area contributed by atoms with E-state index >= 15 is 0 Å². The fourth-order valence-electron chi connectivity index (χ4n) is 7.88. The van der Waals surface area contributed by atoms with Gasteiger partial charge < -0.3 is 4.57 Å². The smallest absolute Gasteiger partial charge is 0.235 e. The highest BCUT2D eigenvalue weighted by atomic mass is 15.2. The highest BCUT2D eigenvalue weighted by Crippen LogP contribution is 2.43. The first-order valence-corrected chi connectivity index (χ1v) is 16.8. The van der Waals surface area contributed by atoms with Crippen molar-refractivity contribution in [3.8, 4) is 34.0 Å². The van der Waals surface area contributed by atoms with Gasteiger partial charge in [-0.05, 0) is 58.3 Å². The van der Waals surface area contributed by atoms with Crippen molar-refractivity contribution in [2.24, 2.45) is 0 Å². The predicted octanol–water partition coefficient (Wildman–Crippen LogP) is 11.3. The molecule has 0 saturated carbocycles. The Morgan fingerprint density at radius 3 is 2.14 bits per heavy atom. The van der Waals surface area contributed by atoms with Gasteiger partial charge in [-0.3, -0.25) is 4.57 Å². The van der Waals surface area contributed by atoms with Gasteiger partial charge in [-0.2, -0.15) is 0 Å². The maximum Gasteiger partial charge on any atom is 0.235 e. The average Bonchev–Trinajstić information content (AvgIpc) is 3.83. The third kappa shape index (κ3) is 4.17. The molecule has 10 rings (SSSR count). The molecule has 0 N–H and O–H groups in total. The Morgan fingerprint density at radius 2 is 1.29 bits per heavy atom. The normalized spacial score (nSPS) is 13.6. The van der Waals surface area contributed by atoms with Crippen molar-refractivity contribution < 1.29 is 0 Å². The zero-order valence-corrected chi connectivity index (χ0v) is 27.3. The largest absolute Gasteiger partial charge is 0.316 e. The lowest BCUT2D eigenvalue weighted by Crippen LogP contribution is -2.16. The van der Waals surface area contributed by atoms with Crippen LogP contribution in [0.2, 0.25) is 0 Å². The Labute approximate surface area is 284 Å². The summed E-state index contributed by atoms with van der Waals surface area (Å²) in [6.45, 7) is 4.51. The van der Waals surface area contributed by atoms with Crippen LogP contribution >= 0.6 is 0 Å². The molecule has 3 heterocycles. The number of allylic oxidation sites excluding steroid dienone is 1. The molecule has 3 aromatic heterocycles. The van der Waals surface area contributed by atoms with Gasteiger partial charge in [0, 0.05) is 44.6 Å². The van der Waals surface area contributed by atoms with E-state index < -0.39 is 0 Å². The molecular weight excluding hydrogens is 597 g/mol. The first kappa shape index (κ1) is 27.8. The van der Waals surface area contributed by atoms with Crippen LogP contribution in [0, 0.1) is 0 Å². The van der Waals surface area contributed by atoms with E-state index in [0.29, 0.717) is 5.95 Å². The fourth-order valence-corrected chi connectivity index (χ4v) is 7.88. The lowest BCUT2D eigenvalue weighted by atomic mass is 9.85. The van der Waals surface area contributed by atoms with Gasteiger partial charge in [0.2, 0.25) is 5.95 Å². The van der Waals surface area contributed by atoms with Gasteiger partial charge in [-0.25, -0.2) is 9.97 Å². The third-order valence-electron chi connectivity index (χ3n) is 10.2. The Morgan fingerprint density at radius 1 is 0.551 bits per heavy atom. The summed E-state index contributed by atoms with van der Waals surface area (Å²) < 4.78 is 4.53. The van der Waals surface area contributed by atoms with E-state index in [9.17, 15) is 0 Å². The van der Waals surface area contributed by atoms with Crippen molar-refractivity contribution in [3.05, 3.63) is 163 Å². The molecule has 0 aliphatic heterocycles. The van der Waals surface area contributed by atoms with Crippen molar-refractivity contribution in [3.63, 3.8) is 0 Å². The second kappa shape index (κ2) is 10.4. The fraction of sp³-hybridized carbons (Fsp3) is 0.0667. The van der Waals surface area contributed by atoms with E-state index in [1.165, 1.54) is 38.1 Å². The molecule has 0 spiro atoms. The third-order valence-corrected chi connectivity index (χ3v) is 10.2. The van der Waals surface area contributed by atoms with Gasteiger partial charge in [0.1, 0.15) is 0 Å². The number of hydrogen-bond donors (Lipinski definition) is 0. The standard InChI is InChI=1S/C45H32N4/c1-45(2)27-25-38-41(45)42(31-21-19-30(20-22-31)34-17-10-12-29-11-6-7-15-33(29)34)47-44(46-38)49-40-18-9-8-16-35(40)36-23-24-39-37(43(36)49)26-28-48(39)32-13-4-3-5-14-32/h3-28H,1-2H3. The van der Waals surface area contributed by atoms with Gasteiger partial charge in [0.15, 0.2) is 0 Å². The molecule has 4 nitrogen and oxygen atoms in total. The predicted molar refractivity (Wildman–Crippen MR) is 204 cm³/mol. The van der Waals surface area contributed by atoms with Crippen molar-refractivity contribution in [2.75, 3.05) is 0 Å². The number of benzene rings is 6. The summed E-state index contributed by atoms with van der Waals surface area (Å²) in [7, 11) is 0. The summed E-state index contributed by atoms with van der Waals surface area (Å²) in [4.78, 5) is 10.8. The molecule has 9 aromatic rings. The number of rotatable bonds is 4. The van der Waals surface area contributed by atoms with Gasteiger partial charge in [0.25, 0.3) is 0 Å². The Kier molecular flexibility index (Phi) is 5.89. The van der Waals surface area contributed by atoms with Gasteiger partial charge in [0.05, 0.1) is 27.9 Å². The molecule has 0 unspecified atom stereocenters. The summed E-state index contributed by atoms with van der Waals surface area (Å²) >= 11 is 0. The number of para-hydroxylation sites is 2. The number of fused-ring (bicyclic) bond motifs is 7. The molecule has 1 aliphatic carbocycles. The van der Waals surface area contributed by atoms with Crippen LogP contribution < -0.4 is 0 Å². The maximum atomic E-state index is 5.48. The highest BCUT2D eigenvalue weighted by Gasteiger charge is 2.32. The van der Waals surface area contributed by atoms with Gasteiger partial charge in [-0.15, -0.1) is 0 Å². The zero-order chi connectivity index (χ0) is 32.7. The summed E-state index contributed by atoms with van der Waals surface area (Å²) in [5.41, 5.74) is 10.9. The van der Waals surface area contributed by atoms with Crippen LogP contribution in [0.15, 0.2) is 152 Å². The van der Waals surface area contributed by atoms with Crippen molar-refractivity contribution in [1.29, 1.82) is 0 Å². The summed E-state index contributed by atoms with van der Waals surface area (Å²) in [5.74, 6) is 0.681. The van der Waals surface area contributed by atoms with Crippen molar-refractivity contribution in [1.82, 2.24) is 19.1 Å². The second-order valence-electron chi connectivity index (χ2n) is 13.6. The lowest BCUT2D eigenvalue weighted by molar-refractivity contribution is 0.677. The van der Waals surface area contributed by atoms with E-state index in [-0.39, 0.29) is 5.41 Å². The molecule has 1 aliphatic rings. The molecule has 0 saturated heterocycles. The minimum Gasteiger partial charge on any atom is -0.316 e. The van der Waals surface area contributed by atoms with Crippen molar-refractivity contribution >= 4 is 49.6 Å². The molecule has 6 aromatic carbocycles. The molecule has 0 fully saturated rings. The molecule has 0 bridgehead atoms. The molecule has 4 heteroatoms. The van der Waals surface area contributed by atoms with Crippen LogP contribution in [0.4, 0.5) is 0 Å². The minimum absolute atomic E-state index is 0.196. The van der Waals surface area contributed by atoms with Crippen LogP contribution in [0.3, 0.4) is 0 Å². The van der Waals surface area contributed by atoms with Crippen LogP contribution in [0.1, 0.15) is 25.1 Å². The molecular formula is C45H32N4. The molecule has 0 amide bonds. The zero-order valence-electron chi connectivity index (χ0n) is 27.3. The molecule has 49 heavy (non-hydrogen) atoms. The van der Waals surface area contributed by atoms with E-state index in [0.717, 1.165) is 44.8 Å². The minimum atomic E-state index is -0.196. The van der Waals surface area contributed by atoms with Gasteiger partial charge in [-0.1, -0.05) is 129 Å². The van der Waals surface area contributed by atoms with Crippen LogP contribution in [0.5, 0.6) is 0 Å². The summed E-state index contributed by atoms with van der Waals surface area (Å²) in [6.07, 6.45) is 6.59. The Hall–Kier alpha value is -6.26. The first-order valence-electron chi connectivity index (χ1n) is 16.8. The lowest BCUT2D eigenvalue weighted by Gasteiger charge is -2.22. The summed E-state index contributed by atoms with van der Waals surface area (Å²) in [5, 5.41) is 6.04. The van der Waals surface area contributed by atoms with Gasteiger partial charge >= 0.3 is 0 Å². The van der Waals surface area contributed by atoms with E-state index in [1.54, 1.807) is 0 Å². The quantitative estimate of drug-likeness (QED) is 0.194. The topological polar surface area (TPSA) is 35.6 Å². The highest BCUT2D eigenvalue weighted by molar-refractivity contribution is 6.18. The van der Waals surface area contributed by atoms with Crippen LogP contribution in [0.25, 0.3) is 83.6 Å². The molecule has 232 valence electrons. The number of hydrogen-bond acceptors (Lipinski definition) is 2. The maximum absolute atomic E-state index is 5.48. The van der Waals surface area contributed by atoms with E-state index in [4.69, 9.17) is 9.97 Å². The molecule has 0 atom stereocenters. The van der Waals surface area contributed by atoms with E-state index in [1.807, 2.05) is 0 Å². The Balaban J connectivity index is 1.21. The molecule has 0 radical (unpaired) electrons.